The van der Waals surface area contributed by atoms with Gasteiger partial charge in [0.2, 0.25) is 0 Å². The van der Waals surface area contributed by atoms with Crippen molar-refractivity contribution in [1.29, 1.82) is 0 Å². The summed E-state index contributed by atoms with van der Waals surface area (Å²) in [6, 6.07) is 3.82. The number of pyridine rings is 1. The van der Waals surface area contributed by atoms with E-state index in [1.54, 1.807) is 6.20 Å². The van der Waals surface area contributed by atoms with Crippen LogP contribution < -0.4 is 4.90 Å². The monoisotopic (exact) mass is 226 g/mol. The van der Waals surface area contributed by atoms with Gasteiger partial charge in [0.15, 0.2) is 0 Å². The van der Waals surface area contributed by atoms with E-state index < -0.39 is 0 Å². The Morgan fingerprint density at radius 2 is 2.00 bits per heavy atom. The van der Waals surface area contributed by atoms with E-state index >= 15 is 0 Å². The Balaban J connectivity index is 2.12. The van der Waals surface area contributed by atoms with Crippen molar-refractivity contribution >= 4 is 17.4 Å². The van der Waals surface area contributed by atoms with Crippen LogP contribution in [0.15, 0.2) is 18.3 Å². The van der Waals surface area contributed by atoms with Gasteiger partial charge in [0, 0.05) is 19.3 Å². The van der Waals surface area contributed by atoms with E-state index in [4.69, 9.17) is 16.3 Å². The molecule has 1 aliphatic rings. The number of hydrogen-bond acceptors (Lipinski definition) is 3. The maximum Gasteiger partial charge on any atom is 0.128 e. The number of aromatic nitrogens is 1. The largest absolute Gasteiger partial charge is 0.372 e. The van der Waals surface area contributed by atoms with E-state index in [0.717, 1.165) is 18.9 Å². The van der Waals surface area contributed by atoms with Crippen molar-refractivity contribution in [2.75, 3.05) is 18.0 Å². The quantitative estimate of drug-likeness (QED) is 0.735. The molecule has 2 unspecified atom stereocenters. The second-order valence-electron chi connectivity index (χ2n) is 4.00. The SMILES string of the molecule is CC1CN(c2ccc(Cl)cn2)CC(C)O1. The van der Waals surface area contributed by atoms with Gasteiger partial charge in [0.1, 0.15) is 5.82 Å². The van der Waals surface area contributed by atoms with Crippen molar-refractivity contribution in [3.05, 3.63) is 23.4 Å². The van der Waals surface area contributed by atoms with Crippen molar-refractivity contribution in [1.82, 2.24) is 4.98 Å². The zero-order valence-electron chi connectivity index (χ0n) is 8.98. The lowest BCUT2D eigenvalue weighted by atomic mass is 10.2. The Hall–Kier alpha value is -0.800. The topological polar surface area (TPSA) is 25.4 Å². The normalized spacial score (nSPS) is 26.7. The second kappa shape index (κ2) is 4.37. The molecule has 0 radical (unpaired) electrons. The van der Waals surface area contributed by atoms with Crippen LogP contribution in [0.4, 0.5) is 5.82 Å². The molecule has 0 saturated carbocycles. The second-order valence-corrected chi connectivity index (χ2v) is 4.43. The van der Waals surface area contributed by atoms with Crippen molar-refractivity contribution in [2.45, 2.75) is 26.1 Å². The van der Waals surface area contributed by atoms with Crippen molar-refractivity contribution in [3.63, 3.8) is 0 Å². The highest BCUT2D eigenvalue weighted by Gasteiger charge is 2.22. The number of ether oxygens (including phenoxy) is 1. The predicted octanol–water partition coefficient (Wildman–Crippen LogP) is 2.35. The van der Waals surface area contributed by atoms with E-state index in [1.165, 1.54) is 0 Å². The summed E-state index contributed by atoms with van der Waals surface area (Å²) in [5.74, 6) is 0.974. The third-order valence-electron chi connectivity index (χ3n) is 2.46. The molecule has 0 N–H and O–H groups in total. The maximum atomic E-state index is 5.80. The smallest absolute Gasteiger partial charge is 0.128 e. The van der Waals surface area contributed by atoms with Crippen molar-refractivity contribution in [2.24, 2.45) is 0 Å². The molecule has 1 aromatic rings. The standard InChI is InChI=1S/C11H15ClN2O/c1-8-6-14(7-9(2)15-8)11-4-3-10(12)5-13-11/h3-5,8-9H,6-7H2,1-2H3. The van der Waals surface area contributed by atoms with Gasteiger partial charge in [-0.3, -0.25) is 0 Å². The Labute approximate surface area is 95.0 Å². The van der Waals surface area contributed by atoms with Gasteiger partial charge in [-0.15, -0.1) is 0 Å². The number of anilines is 1. The molecule has 1 aromatic heterocycles. The number of nitrogens with zero attached hydrogens (tertiary/aromatic N) is 2. The molecule has 0 aliphatic carbocycles. The van der Waals surface area contributed by atoms with Crippen LogP contribution in [0.5, 0.6) is 0 Å². The Kier molecular flexibility index (Phi) is 3.12. The molecule has 1 saturated heterocycles. The van der Waals surface area contributed by atoms with Gasteiger partial charge in [-0.25, -0.2) is 4.98 Å². The summed E-state index contributed by atoms with van der Waals surface area (Å²) < 4.78 is 5.67. The van der Waals surface area contributed by atoms with Crippen molar-refractivity contribution < 1.29 is 4.74 Å². The van der Waals surface area contributed by atoms with Crippen LogP contribution in [-0.2, 0) is 4.74 Å². The Morgan fingerprint density at radius 3 is 2.53 bits per heavy atom. The maximum absolute atomic E-state index is 5.80. The first-order chi connectivity index (χ1) is 7.15. The highest BCUT2D eigenvalue weighted by molar-refractivity contribution is 6.30. The van der Waals surface area contributed by atoms with E-state index in [-0.39, 0.29) is 12.2 Å². The average Bonchev–Trinajstić information content (AvgIpc) is 2.17. The summed E-state index contributed by atoms with van der Waals surface area (Å²) in [4.78, 5) is 6.54. The lowest BCUT2D eigenvalue weighted by molar-refractivity contribution is -0.00545. The molecule has 2 atom stereocenters. The molecule has 82 valence electrons. The molecule has 0 amide bonds. The number of halogens is 1. The summed E-state index contributed by atoms with van der Waals surface area (Å²) in [6.45, 7) is 5.94. The molecule has 1 aliphatic heterocycles. The summed E-state index contributed by atoms with van der Waals surface area (Å²) in [5.41, 5.74) is 0. The lowest BCUT2D eigenvalue weighted by Gasteiger charge is -2.36. The van der Waals surface area contributed by atoms with Gasteiger partial charge in [0.05, 0.1) is 17.2 Å². The molecule has 2 rings (SSSR count). The summed E-state index contributed by atoms with van der Waals surface area (Å²) in [5, 5.41) is 0.674. The molecule has 4 heteroatoms. The first kappa shape index (κ1) is 10.7. The first-order valence-corrected chi connectivity index (χ1v) is 5.55. The lowest BCUT2D eigenvalue weighted by Crippen LogP contribution is -2.45. The van der Waals surface area contributed by atoms with E-state index in [0.29, 0.717) is 5.02 Å². The van der Waals surface area contributed by atoms with Crippen LogP contribution >= 0.6 is 11.6 Å². The van der Waals surface area contributed by atoms with Crippen LogP contribution in [0.1, 0.15) is 13.8 Å². The Bertz CT molecular complexity index is 318. The molecule has 0 spiro atoms. The van der Waals surface area contributed by atoms with Gasteiger partial charge in [0.25, 0.3) is 0 Å². The van der Waals surface area contributed by atoms with Gasteiger partial charge < -0.3 is 9.64 Å². The first-order valence-electron chi connectivity index (χ1n) is 5.17. The van der Waals surface area contributed by atoms with Gasteiger partial charge in [-0.1, -0.05) is 11.6 Å². The third-order valence-corrected chi connectivity index (χ3v) is 2.68. The van der Waals surface area contributed by atoms with Crippen LogP contribution in [0.2, 0.25) is 5.02 Å². The zero-order chi connectivity index (χ0) is 10.8. The van der Waals surface area contributed by atoms with Crippen LogP contribution in [-0.4, -0.2) is 30.3 Å². The fourth-order valence-corrected chi connectivity index (χ4v) is 2.03. The molecular formula is C11H15ClN2O. The van der Waals surface area contributed by atoms with E-state index in [2.05, 4.69) is 23.7 Å². The minimum Gasteiger partial charge on any atom is -0.372 e. The highest BCUT2D eigenvalue weighted by atomic mass is 35.5. The van der Waals surface area contributed by atoms with E-state index in [9.17, 15) is 0 Å². The average molecular weight is 227 g/mol. The Morgan fingerprint density at radius 1 is 1.33 bits per heavy atom. The fourth-order valence-electron chi connectivity index (χ4n) is 1.92. The molecule has 15 heavy (non-hydrogen) atoms. The van der Waals surface area contributed by atoms with Crippen molar-refractivity contribution in [3.8, 4) is 0 Å². The fraction of sp³-hybridized carbons (Fsp3) is 0.545. The summed E-state index contributed by atoms with van der Waals surface area (Å²) >= 11 is 5.80. The van der Waals surface area contributed by atoms with Crippen LogP contribution in [0.3, 0.4) is 0 Å². The highest BCUT2D eigenvalue weighted by Crippen LogP contribution is 2.19. The van der Waals surface area contributed by atoms with Gasteiger partial charge >= 0.3 is 0 Å². The third kappa shape index (κ3) is 2.61. The van der Waals surface area contributed by atoms with Crippen LogP contribution in [0, 0.1) is 0 Å². The molecule has 3 nitrogen and oxygen atoms in total. The molecule has 2 heterocycles. The van der Waals surface area contributed by atoms with Gasteiger partial charge in [-0.2, -0.15) is 0 Å². The molecule has 0 bridgehead atoms. The number of morpholine rings is 1. The zero-order valence-corrected chi connectivity index (χ0v) is 9.74. The minimum atomic E-state index is 0.256. The summed E-state index contributed by atoms with van der Waals surface area (Å²) in [6.07, 6.45) is 2.19. The van der Waals surface area contributed by atoms with Gasteiger partial charge in [-0.05, 0) is 26.0 Å². The molecular weight excluding hydrogens is 212 g/mol. The van der Waals surface area contributed by atoms with E-state index in [1.807, 2.05) is 12.1 Å². The predicted molar refractivity (Wildman–Crippen MR) is 61.5 cm³/mol. The number of rotatable bonds is 1. The molecule has 0 aromatic carbocycles. The molecule has 1 fully saturated rings. The number of hydrogen-bond donors (Lipinski definition) is 0. The summed E-state index contributed by atoms with van der Waals surface area (Å²) in [7, 11) is 0. The van der Waals surface area contributed by atoms with Crippen LogP contribution in [0.25, 0.3) is 0 Å². The minimum absolute atomic E-state index is 0.256.